The van der Waals surface area contributed by atoms with Crippen molar-refractivity contribution < 1.29 is 17.9 Å². The Morgan fingerprint density at radius 3 is 2.78 bits per heavy atom. The van der Waals surface area contributed by atoms with Crippen molar-refractivity contribution >= 4 is 26.9 Å². The van der Waals surface area contributed by atoms with Crippen molar-refractivity contribution in [1.29, 1.82) is 0 Å². The molecular formula is C18H26N4O4S. The van der Waals surface area contributed by atoms with Crippen LogP contribution in [0.25, 0.3) is 11.2 Å². The van der Waals surface area contributed by atoms with E-state index < -0.39 is 9.84 Å². The Morgan fingerprint density at radius 2 is 2.07 bits per heavy atom. The van der Waals surface area contributed by atoms with Crippen LogP contribution in [0.3, 0.4) is 0 Å². The molecule has 0 bridgehead atoms. The molecule has 1 unspecified atom stereocenters. The van der Waals surface area contributed by atoms with Gasteiger partial charge < -0.3 is 14.2 Å². The van der Waals surface area contributed by atoms with E-state index >= 15 is 0 Å². The number of methoxy groups -OCH3 is 1. The molecular weight excluding hydrogens is 368 g/mol. The van der Waals surface area contributed by atoms with Gasteiger partial charge in [0.05, 0.1) is 24.2 Å². The van der Waals surface area contributed by atoms with Crippen LogP contribution < -0.4 is 0 Å². The maximum atomic E-state index is 12.4. The lowest BCUT2D eigenvalue weighted by molar-refractivity contribution is -0.130. The molecule has 2 aromatic heterocycles. The second-order valence-corrected chi connectivity index (χ2v) is 9.24. The van der Waals surface area contributed by atoms with Crippen LogP contribution in [-0.2, 0) is 25.8 Å². The Kier molecular flexibility index (Phi) is 6.11. The van der Waals surface area contributed by atoms with Crippen LogP contribution in [0.1, 0.15) is 31.6 Å². The zero-order valence-electron chi connectivity index (χ0n) is 15.8. The molecule has 0 aliphatic carbocycles. The minimum atomic E-state index is -2.97. The zero-order chi connectivity index (χ0) is 19.4. The minimum Gasteiger partial charge on any atom is -0.383 e. The molecule has 0 spiro atoms. The largest absolute Gasteiger partial charge is 0.383 e. The van der Waals surface area contributed by atoms with Gasteiger partial charge in [-0.2, -0.15) is 0 Å². The topological polar surface area (TPSA) is 94.4 Å². The quantitative estimate of drug-likeness (QED) is 0.701. The van der Waals surface area contributed by atoms with Gasteiger partial charge in [0.25, 0.3) is 0 Å². The number of carbonyl (C=O) groups is 1. The highest BCUT2D eigenvalue weighted by Crippen LogP contribution is 2.21. The van der Waals surface area contributed by atoms with Crippen molar-refractivity contribution in [3.63, 3.8) is 0 Å². The molecule has 1 saturated heterocycles. The Hall–Kier alpha value is -2.00. The van der Waals surface area contributed by atoms with Crippen molar-refractivity contribution in [2.45, 2.75) is 32.2 Å². The van der Waals surface area contributed by atoms with Crippen molar-refractivity contribution in [3.8, 4) is 0 Å². The van der Waals surface area contributed by atoms with Crippen molar-refractivity contribution in [2.75, 3.05) is 38.3 Å². The molecule has 1 aliphatic rings. The molecule has 3 heterocycles. The van der Waals surface area contributed by atoms with Crippen molar-refractivity contribution in [3.05, 3.63) is 24.2 Å². The second kappa shape index (κ2) is 8.35. The fourth-order valence-electron chi connectivity index (χ4n) is 3.45. The van der Waals surface area contributed by atoms with E-state index in [9.17, 15) is 13.2 Å². The van der Waals surface area contributed by atoms with Crippen LogP contribution in [0.2, 0.25) is 0 Å². The van der Waals surface area contributed by atoms with E-state index in [0.29, 0.717) is 39.0 Å². The van der Waals surface area contributed by atoms with Gasteiger partial charge in [0, 0.05) is 39.2 Å². The zero-order valence-corrected chi connectivity index (χ0v) is 16.6. The van der Waals surface area contributed by atoms with E-state index in [1.54, 1.807) is 18.2 Å². The summed E-state index contributed by atoms with van der Waals surface area (Å²) >= 11 is 0. The van der Waals surface area contributed by atoms with Gasteiger partial charge in [0.1, 0.15) is 11.3 Å². The molecule has 27 heavy (non-hydrogen) atoms. The lowest BCUT2D eigenvalue weighted by Gasteiger charge is -2.26. The van der Waals surface area contributed by atoms with Crippen molar-refractivity contribution in [1.82, 2.24) is 19.4 Å². The number of fused-ring (bicyclic) bond motifs is 1. The summed E-state index contributed by atoms with van der Waals surface area (Å²) in [6.45, 7) is 3.21. The number of ether oxygens (including phenoxy) is 1. The number of carbonyl (C=O) groups excluding carboxylic acids is 1. The average molecular weight is 394 g/mol. The van der Waals surface area contributed by atoms with Crippen LogP contribution in [0.5, 0.6) is 0 Å². The van der Waals surface area contributed by atoms with Gasteiger partial charge in [0.15, 0.2) is 15.5 Å². The van der Waals surface area contributed by atoms with Crippen LogP contribution >= 0.6 is 0 Å². The molecule has 9 heteroatoms. The Morgan fingerprint density at radius 1 is 1.33 bits per heavy atom. The van der Waals surface area contributed by atoms with Crippen LogP contribution in [0.4, 0.5) is 0 Å². The molecule has 1 atom stereocenters. The fourth-order valence-corrected chi connectivity index (χ4v) is 4.65. The van der Waals surface area contributed by atoms with E-state index in [2.05, 4.69) is 21.5 Å². The summed E-state index contributed by atoms with van der Waals surface area (Å²) in [5, 5.41) is 0. The van der Waals surface area contributed by atoms with Gasteiger partial charge in [-0.3, -0.25) is 4.79 Å². The highest BCUT2D eigenvalue weighted by molar-refractivity contribution is 7.91. The first-order valence-corrected chi connectivity index (χ1v) is 11.0. The first-order valence-electron chi connectivity index (χ1n) is 9.20. The van der Waals surface area contributed by atoms with Gasteiger partial charge in [-0.15, -0.1) is 0 Å². The number of aryl methyl sites for hydroxylation is 1. The van der Waals surface area contributed by atoms with E-state index in [1.165, 1.54) is 0 Å². The normalized spacial score (nSPS) is 17.9. The lowest BCUT2D eigenvalue weighted by Crippen LogP contribution is -2.43. The number of hydrogen-bond donors (Lipinski definition) is 0. The fraction of sp³-hybridized carbons (Fsp3) is 0.611. The SMILES string of the molecule is COCC(C)n1c(CCCC(=O)N2CCS(=O)(=O)CC2)nc2cccnc21. The van der Waals surface area contributed by atoms with Gasteiger partial charge in [-0.1, -0.05) is 0 Å². The lowest BCUT2D eigenvalue weighted by atomic mass is 10.2. The molecule has 148 valence electrons. The van der Waals surface area contributed by atoms with Crippen molar-refractivity contribution in [2.24, 2.45) is 0 Å². The van der Waals surface area contributed by atoms with Gasteiger partial charge in [0.2, 0.25) is 5.91 Å². The summed E-state index contributed by atoms with van der Waals surface area (Å²) in [5.41, 5.74) is 1.66. The maximum absolute atomic E-state index is 12.4. The molecule has 0 saturated carbocycles. The summed E-state index contributed by atoms with van der Waals surface area (Å²) in [5.74, 6) is 1.03. The average Bonchev–Trinajstić information content (AvgIpc) is 3.00. The van der Waals surface area contributed by atoms with E-state index in [4.69, 9.17) is 4.74 Å². The predicted octanol–water partition coefficient (Wildman–Crippen LogP) is 1.22. The molecule has 0 radical (unpaired) electrons. The Labute approximate surface area is 159 Å². The second-order valence-electron chi connectivity index (χ2n) is 6.93. The number of imidazole rings is 1. The molecule has 1 amide bonds. The predicted molar refractivity (Wildman–Crippen MR) is 102 cm³/mol. The number of pyridine rings is 1. The van der Waals surface area contributed by atoms with E-state index in [1.807, 2.05) is 12.1 Å². The van der Waals surface area contributed by atoms with Crippen LogP contribution in [0.15, 0.2) is 18.3 Å². The van der Waals surface area contributed by atoms with E-state index in [0.717, 1.165) is 17.0 Å². The third kappa shape index (κ3) is 4.65. The van der Waals surface area contributed by atoms with Gasteiger partial charge in [-0.05, 0) is 25.5 Å². The minimum absolute atomic E-state index is 0.00984. The number of aromatic nitrogens is 3. The Balaban J connectivity index is 1.65. The summed E-state index contributed by atoms with van der Waals surface area (Å²) in [6, 6.07) is 3.88. The standard InChI is InChI=1S/C18H26N4O4S/c1-14(13-26-2)22-16(20-15-5-4-8-19-18(15)22)6-3-7-17(23)21-9-11-27(24,25)12-10-21/h4-5,8,14H,3,6-7,9-13H2,1-2H3. The highest BCUT2D eigenvalue weighted by atomic mass is 32.2. The third-order valence-electron chi connectivity index (χ3n) is 4.86. The monoisotopic (exact) mass is 394 g/mol. The van der Waals surface area contributed by atoms with Gasteiger partial charge in [-0.25, -0.2) is 18.4 Å². The molecule has 1 fully saturated rings. The number of amides is 1. The summed E-state index contributed by atoms with van der Waals surface area (Å²) in [4.78, 5) is 23.1. The summed E-state index contributed by atoms with van der Waals surface area (Å²) in [7, 11) is -1.31. The third-order valence-corrected chi connectivity index (χ3v) is 6.47. The van der Waals surface area contributed by atoms with Crippen LogP contribution in [0, 0.1) is 0 Å². The highest BCUT2D eigenvalue weighted by Gasteiger charge is 2.25. The summed E-state index contributed by atoms with van der Waals surface area (Å²) < 4.78 is 30.3. The Bertz CT molecular complexity index is 895. The molecule has 0 N–H and O–H groups in total. The first kappa shape index (κ1) is 19.8. The van der Waals surface area contributed by atoms with Gasteiger partial charge >= 0.3 is 0 Å². The first-order chi connectivity index (χ1) is 12.9. The molecule has 8 nitrogen and oxygen atoms in total. The molecule has 2 aromatic rings. The number of sulfone groups is 1. The number of rotatable bonds is 7. The summed E-state index contributed by atoms with van der Waals surface area (Å²) in [6.07, 6.45) is 3.44. The van der Waals surface area contributed by atoms with E-state index in [-0.39, 0.29) is 23.5 Å². The van der Waals surface area contributed by atoms with Crippen LogP contribution in [-0.4, -0.2) is 72.1 Å². The maximum Gasteiger partial charge on any atom is 0.222 e. The number of hydrogen-bond acceptors (Lipinski definition) is 6. The molecule has 1 aliphatic heterocycles. The smallest absolute Gasteiger partial charge is 0.222 e. The number of nitrogens with zero attached hydrogens (tertiary/aromatic N) is 4. The molecule has 3 rings (SSSR count). The molecule has 0 aromatic carbocycles.